The molecule has 122 valence electrons. The maximum Gasteiger partial charge on any atom is 0.323 e. The second-order valence-electron chi connectivity index (χ2n) is 4.87. The number of nitrogens with one attached hydrogen (secondary N) is 2. The van der Waals surface area contributed by atoms with Gasteiger partial charge in [-0.25, -0.2) is 9.78 Å². The monoisotopic (exact) mass is 380 g/mol. The number of carbonyl (C=O) groups is 2. The summed E-state index contributed by atoms with van der Waals surface area (Å²) in [6, 6.07) is 6.45. The summed E-state index contributed by atoms with van der Waals surface area (Å²) in [4.78, 5) is 27.1. The zero-order valence-electron chi connectivity index (χ0n) is 12.5. The molecule has 0 aliphatic rings. The van der Waals surface area contributed by atoms with Crippen molar-refractivity contribution in [2.45, 2.75) is 25.9 Å². The van der Waals surface area contributed by atoms with Gasteiger partial charge in [0.1, 0.15) is 12.4 Å². The maximum absolute atomic E-state index is 12.1. The molecule has 1 aromatic heterocycles. The summed E-state index contributed by atoms with van der Waals surface area (Å²) < 4.78 is 2.43. The lowest BCUT2D eigenvalue weighted by Gasteiger charge is -2.18. The summed E-state index contributed by atoms with van der Waals surface area (Å²) in [6.45, 7) is 1.70. The van der Waals surface area contributed by atoms with E-state index in [9.17, 15) is 9.59 Å². The number of hydrogen-bond donors (Lipinski definition) is 3. The summed E-state index contributed by atoms with van der Waals surface area (Å²) in [6.07, 6.45) is 3.69. The van der Waals surface area contributed by atoms with Crippen molar-refractivity contribution in [1.82, 2.24) is 14.9 Å². The molecule has 0 saturated carbocycles. The van der Waals surface area contributed by atoms with E-state index in [1.165, 1.54) is 10.8 Å². The topological polar surface area (TPSA) is 96.3 Å². The third kappa shape index (κ3) is 4.82. The molecule has 8 heteroatoms. The van der Waals surface area contributed by atoms with E-state index in [1.807, 2.05) is 19.1 Å². The molecular weight excluding hydrogens is 364 g/mol. The van der Waals surface area contributed by atoms with E-state index < -0.39 is 5.97 Å². The van der Waals surface area contributed by atoms with E-state index in [4.69, 9.17) is 5.11 Å². The van der Waals surface area contributed by atoms with Gasteiger partial charge in [0.2, 0.25) is 0 Å². The van der Waals surface area contributed by atoms with Gasteiger partial charge in [-0.2, -0.15) is 0 Å². The molecule has 3 N–H and O–H groups in total. The molecule has 2 aromatic rings. The van der Waals surface area contributed by atoms with Gasteiger partial charge in [0.05, 0.1) is 6.04 Å². The van der Waals surface area contributed by atoms with Gasteiger partial charge in [-0.15, -0.1) is 0 Å². The zero-order valence-corrected chi connectivity index (χ0v) is 14.1. The second-order valence-corrected chi connectivity index (χ2v) is 5.79. The molecule has 2 amide bonds. The first-order valence-corrected chi connectivity index (χ1v) is 7.84. The highest BCUT2D eigenvalue weighted by Crippen LogP contribution is 2.17. The van der Waals surface area contributed by atoms with E-state index in [1.54, 1.807) is 18.3 Å². The van der Waals surface area contributed by atoms with Crippen LogP contribution in [0.25, 0.3) is 0 Å². The zero-order chi connectivity index (χ0) is 16.8. The molecular formula is C15H17BrN4O3. The Kier molecular flexibility index (Phi) is 5.75. The first-order chi connectivity index (χ1) is 11.0. The number of halogens is 1. The van der Waals surface area contributed by atoms with Crippen LogP contribution in [0.1, 0.15) is 25.2 Å². The Morgan fingerprint density at radius 2 is 2.04 bits per heavy atom. The van der Waals surface area contributed by atoms with Gasteiger partial charge in [-0.05, 0) is 30.7 Å². The molecule has 0 fully saturated rings. The van der Waals surface area contributed by atoms with Crippen molar-refractivity contribution in [3.63, 3.8) is 0 Å². The number of carbonyl (C=O) groups excluding carboxylic acids is 1. The largest absolute Gasteiger partial charge is 0.480 e. The van der Waals surface area contributed by atoms with Crippen LogP contribution >= 0.6 is 15.9 Å². The van der Waals surface area contributed by atoms with Crippen LogP contribution in [0.2, 0.25) is 0 Å². The summed E-state index contributed by atoms with van der Waals surface area (Å²) in [5.41, 5.74) is 0.662. The number of carboxylic acids is 1. The number of nitrogens with zero attached hydrogens (tertiary/aromatic N) is 2. The first kappa shape index (κ1) is 17.0. The smallest absolute Gasteiger partial charge is 0.323 e. The fourth-order valence-corrected chi connectivity index (χ4v) is 2.38. The van der Waals surface area contributed by atoms with Gasteiger partial charge in [0, 0.05) is 22.6 Å². The van der Waals surface area contributed by atoms with Crippen molar-refractivity contribution in [3.05, 3.63) is 47.0 Å². The molecule has 0 spiro atoms. The van der Waals surface area contributed by atoms with Crippen LogP contribution in [-0.2, 0) is 11.3 Å². The number of imidazole rings is 1. The number of rotatable bonds is 6. The normalized spacial score (nSPS) is 11.7. The van der Waals surface area contributed by atoms with E-state index in [-0.39, 0.29) is 18.6 Å². The predicted octanol–water partition coefficient (Wildman–Crippen LogP) is 3.00. The Hall–Kier alpha value is -2.35. The molecule has 1 atom stereocenters. The molecule has 0 bridgehead atoms. The molecule has 23 heavy (non-hydrogen) atoms. The van der Waals surface area contributed by atoms with Crippen LogP contribution in [0, 0.1) is 0 Å². The lowest BCUT2D eigenvalue weighted by atomic mass is 10.2. The number of benzene rings is 1. The van der Waals surface area contributed by atoms with E-state index in [2.05, 4.69) is 31.5 Å². The van der Waals surface area contributed by atoms with Crippen LogP contribution < -0.4 is 10.6 Å². The Morgan fingerprint density at radius 3 is 2.65 bits per heavy atom. The lowest BCUT2D eigenvalue weighted by Crippen LogP contribution is -2.34. The number of anilines is 1. The highest BCUT2D eigenvalue weighted by molar-refractivity contribution is 9.10. The van der Waals surface area contributed by atoms with Crippen LogP contribution in [-0.4, -0.2) is 26.7 Å². The SMILES string of the molecule is CCC(NC(=O)Nc1ccc(Br)cc1)c1nccn1CC(=O)O. The average Bonchev–Trinajstić information content (AvgIpc) is 2.94. The van der Waals surface area contributed by atoms with Crippen molar-refractivity contribution < 1.29 is 14.7 Å². The molecule has 1 aromatic carbocycles. The Balaban J connectivity index is 2.04. The second kappa shape index (κ2) is 7.77. The van der Waals surface area contributed by atoms with Gasteiger partial charge in [0.25, 0.3) is 0 Å². The number of aliphatic carboxylic acids is 1. The van der Waals surface area contributed by atoms with Crippen molar-refractivity contribution in [3.8, 4) is 0 Å². The summed E-state index contributed by atoms with van der Waals surface area (Å²) in [5, 5.41) is 14.5. The number of carboxylic acid groups (broad SMARTS) is 1. The van der Waals surface area contributed by atoms with Crippen LogP contribution in [0.3, 0.4) is 0 Å². The predicted molar refractivity (Wildman–Crippen MR) is 89.2 cm³/mol. The van der Waals surface area contributed by atoms with Crippen LogP contribution in [0.5, 0.6) is 0 Å². The number of amides is 2. The minimum atomic E-state index is -0.960. The van der Waals surface area contributed by atoms with E-state index in [0.29, 0.717) is 17.9 Å². The van der Waals surface area contributed by atoms with Crippen LogP contribution in [0.15, 0.2) is 41.1 Å². The summed E-state index contributed by atoms with van der Waals surface area (Å²) in [7, 11) is 0. The lowest BCUT2D eigenvalue weighted by molar-refractivity contribution is -0.137. The van der Waals surface area contributed by atoms with E-state index in [0.717, 1.165) is 4.47 Å². The number of aromatic nitrogens is 2. The van der Waals surface area contributed by atoms with Gasteiger partial charge < -0.3 is 20.3 Å². The molecule has 0 saturated heterocycles. The first-order valence-electron chi connectivity index (χ1n) is 7.05. The third-order valence-corrected chi connectivity index (χ3v) is 3.71. The van der Waals surface area contributed by atoms with E-state index >= 15 is 0 Å². The minimum absolute atomic E-state index is 0.193. The minimum Gasteiger partial charge on any atom is -0.480 e. The Labute approximate surface area is 141 Å². The number of hydrogen-bond acceptors (Lipinski definition) is 3. The molecule has 0 radical (unpaired) electrons. The van der Waals surface area contributed by atoms with Crippen molar-refractivity contribution >= 4 is 33.6 Å². The van der Waals surface area contributed by atoms with Crippen LogP contribution in [0.4, 0.5) is 10.5 Å². The average molecular weight is 381 g/mol. The standard InChI is InChI=1S/C15H17BrN4O3/c1-2-12(14-17-7-8-20(14)9-13(21)22)19-15(23)18-11-5-3-10(16)4-6-11/h3-8,12H,2,9H2,1H3,(H,21,22)(H2,18,19,23). The maximum atomic E-state index is 12.1. The summed E-state index contributed by atoms with van der Waals surface area (Å²) in [5.74, 6) is -0.445. The Bertz CT molecular complexity index is 684. The highest BCUT2D eigenvalue weighted by Gasteiger charge is 2.18. The highest BCUT2D eigenvalue weighted by atomic mass is 79.9. The quantitative estimate of drug-likeness (QED) is 0.717. The van der Waals surface area contributed by atoms with Gasteiger partial charge in [-0.1, -0.05) is 22.9 Å². The number of urea groups is 1. The molecule has 1 unspecified atom stereocenters. The van der Waals surface area contributed by atoms with Crippen molar-refractivity contribution in [2.75, 3.05) is 5.32 Å². The Morgan fingerprint density at radius 1 is 1.35 bits per heavy atom. The third-order valence-electron chi connectivity index (χ3n) is 3.18. The molecule has 7 nitrogen and oxygen atoms in total. The fourth-order valence-electron chi connectivity index (χ4n) is 2.12. The van der Waals surface area contributed by atoms with Gasteiger partial charge in [0.15, 0.2) is 0 Å². The molecule has 0 aliphatic carbocycles. The molecule has 0 aliphatic heterocycles. The van der Waals surface area contributed by atoms with Gasteiger partial charge in [-0.3, -0.25) is 4.79 Å². The van der Waals surface area contributed by atoms with Crippen molar-refractivity contribution in [1.29, 1.82) is 0 Å². The summed E-state index contributed by atoms with van der Waals surface area (Å²) >= 11 is 3.33. The molecule has 1 heterocycles. The van der Waals surface area contributed by atoms with Crippen molar-refractivity contribution in [2.24, 2.45) is 0 Å². The van der Waals surface area contributed by atoms with Gasteiger partial charge >= 0.3 is 12.0 Å². The molecule has 2 rings (SSSR count). The fraction of sp³-hybridized carbons (Fsp3) is 0.267.